The first-order valence-corrected chi connectivity index (χ1v) is 7.48. The molecule has 1 aliphatic rings. The van der Waals surface area contributed by atoms with Gasteiger partial charge in [0.15, 0.2) is 0 Å². The number of nitrogens with one attached hydrogen (secondary N) is 1. The van der Waals surface area contributed by atoms with Gasteiger partial charge in [0.05, 0.1) is 24.0 Å². The van der Waals surface area contributed by atoms with Crippen molar-refractivity contribution < 1.29 is 4.79 Å². The summed E-state index contributed by atoms with van der Waals surface area (Å²) in [6, 6.07) is 7.96. The third-order valence-corrected chi connectivity index (χ3v) is 3.75. The van der Waals surface area contributed by atoms with Crippen molar-refractivity contribution in [1.29, 1.82) is 0 Å². The molecule has 0 aliphatic carbocycles. The van der Waals surface area contributed by atoms with Crippen LogP contribution in [0.1, 0.15) is 37.2 Å². The van der Waals surface area contributed by atoms with Gasteiger partial charge in [0, 0.05) is 25.9 Å². The molecule has 0 aromatic carbocycles. The SMILES string of the molecule is CC(=O)NCc1cccc(C2CCCN2c2ncccn2)n1. The van der Waals surface area contributed by atoms with Crippen LogP contribution < -0.4 is 10.2 Å². The Morgan fingerprint density at radius 2 is 2.14 bits per heavy atom. The third-order valence-electron chi connectivity index (χ3n) is 3.75. The summed E-state index contributed by atoms with van der Waals surface area (Å²) in [6.45, 7) is 2.90. The molecule has 1 amide bonds. The Kier molecular flexibility index (Phi) is 4.27. The molecule has 1 unspecified atom stereocenters. The highest BCUT2D eigenvalue weighted by Crippen LogP contribution is 2.33. The summed E-state index contributed by atoms with van der Waals surface area (Å²) in [5, 5.41) is 2.78. The molecule has 0 spiro atoms. The van der Waals surface area contributed by atoms with Crippen molar-refractivity contribution in [1.82, 2.24) is 20.3 Å². The molecule has 1 fully saturated rings. The summed E-state index contributed by atoms with van der Waals surface area (Å²) in [7, 11) is 0. The lowest BCUT2D eigenvalue weighted by molar-refractivity contribution is -0.119. The molecule has 1 saturated heterocycles. The molecule has 1 N–H and O–H groups in total. The van der Waals surface area contributed by atoms with E-state index in [1.54, 1.807) is 12.4 Å². The van der Waals surface area contributed by atoms with Crippen LogP contribution in [0.15, 0.2) is 36.7 Å². The second kappa shape index (κ2) is 6.51. The fraction of sp³-hybridized carbons (Fsp3) is 0.375. The monoisotopic (exact) mass is 297 g/mol. The van der Waals surface area contributed by atoms with Crippen LogP contribution in [0, 0.1) is 0 Å². The summed E-state index contributed by atoms with van der Waals surface area (Å²) in [5.41, 5.74) is 1.88. The Hall–Kier alpha value is -2.50. The smallest absolute Gasteiger partial charge is 0.225 e. The van der Waals surface area contributed by atoms with Gasteiger partial charge in [-0.05, 0) is 31.0 Å². The standard InChI is InChI=1S/C16H19N5O/c1-12(22)19-11-13-5-2-6-14(20-13)15-7-3-10-21(15)16-17-8-4-9-18-16/h2,4-6,8-9,15H,3,7,10-11H2,1H3,(H,19,22). The quantitative estimate of drug-likeness (QED) is 0.932. The minimum Gasteiger partial charge on any atom is -0.351 e. The highest BCUT2D eigenvalue weighted by Gasteiger charge is 2.28. The first-order valence-electron chi connectivity index (χ1n) is 7.48. The van der Waals surface area contributed by atoms with E-state index in [2.05, 4.69) is 20.2 Å². The van der Waals surface area contributed by atoms with Crippen molar-refractivity contribution in [3.05, 3.63) is 48.0 Å². The number of pyridine rings is 1. The molecule has 6 heteroatoms. The highest BCUT2D eigenvalue weighted by atomic mass is 16.1. The predicted molar refractivity (Wildman–Crippen MR) is 83.1 cm³/mol. The van der Waals surface area contributed by atoms with Crippen LogP contribution in [0.5, 0.6) is 0 Å². The average Bonchev–Trinajstić information content (AvgIpc) is 3.04. The van der Waals surface area contributed by atoms with E-state index in [4.69, 9.17) is 4.98 Å². The summed E-state index contributed by atoms with van der Waals surface area (Å²) >= 11 is 0. The molecule has 2 aromatic rings. The molecular formula is C16H19N5O. The van der Waals surface area contributed by atoms with Crippen molar-refractivity contribution in [3.8, 4) is 0 Å². The van der Waals surface area contributed by atoms with E-state index in [1.165, 1.54) is 6.92 Å². The molecule has 2 aromatic heterocycles. The number of anilines is 1. The van der Waals surface area contributed by atoms with Gasteiger partial charge in [0.25, 0.3) is 0 Å². The number of carbonyl (C=O) groups excluding carboxylic acids is 1. The van der Waals surface area contributed by atoms with Crippen LogP contribution in [0.25, 0.3) is 0 Å². The van der Waals surface area contributed by atoms with Crippen LogP contribution in [0.4, 0.5) is 5.95 Å². The lowest BCUT2D eigenvalue weighted by Gasteiger charge is -2.24. The number of nitrogens with zero attached hydrogens (tertiary/aromatic N) is 4. The molecule has 6 nitrogen and oxygen atoms in total. The van der Waals surface area contributed by atoms with E-state index in [9.17, 15) is 4.79 Å². The van der Waals surface area contributed by atoms with Gasteiger partial charge in [-0.25, -0.2) is 9.97 Å². The molecular weight excluding hydrogens is 278 g/mol. The van der Waals surface area contributed by atoms with Gasteiger partial charge in [-0.3, -0.25) is 9.78 Å². The Labute approximate surface area is 129 Å². The van der Waals surface area contributed by atoms with Crippen molar-refractivity contribution in [2.75, 3.05) is 11.4 Å². The van der Waals surface area contributed by atoms with Gasteiger partial charge >= 0.3 is 0 Å². The first-order chi connectivity index (χ1) is 10.7. The maximum Gasteiger partial charge on any atom is 0.225 e. The van der Waals surface area contributed by atoms with Gasteiger partial charge < -0.3 is 10.2 Å². The fourth-order valence-electron chi connectivity index (χ4n) is 2.75. The van der Waals surface area contributed by atoms with Crippen LogP contribution in [-0.4, -0.2) is 27.4 Å². The second-order valence-electron chi connectivity index (χ2n) is 5.36. The average molecular weight is 297 g/mol. The molecule has 0 bridgehead atoms. The maximum absolute atomic E-state index is 11.0. The molecule has 0 saturated carbocycles. The number of carbonyl (C=O) groups is 1. The van der Waals surface area contributed by atoms with E-state index in [0.29, 0.717) is 6.54 Å². The maximum atomic E-state index is 11.0. The topological polar surface area (TPSA) is 71.0 Å². The van der Waals surface area contributed by atoms with E-state index in [0.717, 1.165) is 36.7 Å². The molecule has 22 heavy (non-hydrogen) atoms. The van der Waals surface area contributed by atoms with Crippen LogP contribution in [-0.2, 0) is 11.3 Å². The zero-order valence-corrected chi connectivity index (χ0v) is 12.6. The van der Waals surface area contributed by atoms with Crippen molar-refractivity contribution in [2.45, 2.75) is 32.4 Å². The lowest BCUT2D eigenvalue weighted by atomic mass is 10.1. The largest absolute Gasteiger partial charge is 0.351 e. The Morgan fingerprint density at radius 1 is 1.32 bits per heavy atom. The predicted octanol–water partition coefficient (Wildman–Crippen LogP) is 1.85. The third kappa shape index (κ3) is 3.21. The van der Waals surface area contributed by atoms with Gasteiger partial charge in [-0.1, -0.05) is 6.07 Å². The van der Waals surface area contributed by atoms with Crippen molar-refractivity contribution in [2.24, 2.45) is 0 Å². The highest BCUT2D eigenvalue weighted by molar-refractivity contribution is 5.72. The Balaban J connectivity index is 1.80. The van der Waals surface area contributed by atoms with Gasteiger partial charge in [0.1, 0.15) is 0 Å². The summed E-state index contributed by atoms with van der Waals surface area (Å²) in [5.74, 6) is 0.700. The molecule has 3 heterocycles. The second-order valence-corrected chi connectivity index (χ2v) is 5.36. The lowest BCUT2D eigenvalue weighted by Crippen LogP contribution is -2.26. The Bertz CT molecular complexity index is 646. The van der Waals surface area contributed by atoms with Crippen LogP contribution in [0.2, 0.25) is 0 Å². The molecule has 1 atom stereocenters. The van der Waals surface area contributed by atoms with E-state index >= 15 is 0 Å². The first kappa shape index (κ1) is 14.4. The minimum atomic E-state index is -0.0487. The molecule has 3 rings (SSSR count). The van der Waals surface area contributed by atoms with E-state index < -0.39 is 0 Å². The van der Waals surface area contributed by atoms with Gasteiger partial charge in [0.2, 0.25) is 11.9 Å². The summed E-state index contributed by atoms with van der Waals surface area (Å²) in [4.78, 5) is 26.6. The Morgan fingerprint density at radius 3 is 2.91 bits per heavy atom. The number of hydrogen-bond acceptors (Lipinski definition) is 5. The molecule has 114 valence electrons. The fourth-order valence-corrected chi connectivity index (χ4v) is 2.75. The van der Waals surface area contributed by atoms with Crippen molar-refractivity contribution in [3.63, 3.8) is 0 Å². The van der Waals surface area contributed by atoms with Gasteiger partial charge in [-0.15, -0.1) is 0 Å². The number of aromatic nitrogens is 3. The van der Waals surface area contributed by atoms with E-state index in [1.807, 2.05) is 24.3 Å². The van der Waals surface area contributed by atoms with Crippen molar-refractivity contribution >= 4 is 11.9 Å². The molecule has 1 aliphatic heterocycles. The van der Waals surface area contributed by atoms with Crippen LogP contribution >= 0.6 is 0 Å². The summed E-state index contributed by atoms with van der Waals surface area (Å²) in [6.07, 6.45) is 5.66. The normalized spacial score (nSPS) is 17.5. The number of amides is 1. The zero-order chi connectivity index (χ0) is 15.4. The number of rotatable bonds is 4. The van der Waals surface area contributed by atoms with Gasteiger partial charge in [-0.2, -0.15) is 0 Å². The minimum absolute atomic E-state index is 0.0487. The molecule has 0 radical (unpaired) electrons. The van der Waals surface area contributed by atoms with E-state index in [-0.39, 0.29) is 11.9 Å². The number of hydrogen-bond donors (Lipinski definition) is 1. The van der Waals surface area contributed by atoms with Crippen LogP contribution in [0.3, 0.4) is 0 Å². The summed E-state index contributed by atoms with van der Waals surface area (Å²) < 4.78 is 0. The zero-order valence-electron chi connectivity index (χ0n) is 12.6.